The number of rotatable bonds is 7. The van der Waals surface area contributed by atoms with Crippen LogP contribution in [0.2, 0.25) is 0 Å². The molecule has 0 saturated carbocycles. The minimum absolute atomic E-state index is 0.0249. The van der Waals surface area contributed by atoms with Crippen molar-refractivity contribution in [3.05, 3.63) is 29.6 Å². The first-order chi connectivity index (χ1) is 8.88. The van der Waals surface area contributed by atoms with Gasteiger partial charge in [0.2, 0.25) is 0 Å². The van der Waals surface area contributed by atoms with Crippen LogP contribution in [0.3, 0.4) is 0 Å². The van der Waals surface area contributed by atoms with E-state index >= 15 is 0 Å². The molecule has 0 aliphatic rings. The maximum absolute atomic E-state index is 13.5. The van der Waals surface area contributed by atoms with E-state index in [9.17, 15) is 17.6 Å². The Hall–Kier alpha value is -1.47. The van der Waals surface area contributed by atoms with Gasteiger partial charge in [0.25, 0.3) is 0 Å². The summed E-state index contributed by atoms with van der Waals surface area (Å²) < 4.78 is 37.3. The molecule has 0 saturated heterocycles. The number of aliphatic hydroxyl groups is 1. The van der Waals surface area contributed by atoms with Crippen LogP contribution in [0.5, 0.6) is 0 Å². The number of aromatic carboxylic acids is 1. The Morgan fingerprint density at radius 1 is 1.21 bits per heavy atom. The van der Waals surface area contributed by atoms with Crippen LogP contribution in [0, 0.1) is 5.82 Å². The molecule has 1 rings (SSSR count). The molecule has 0 radical (unpaired) electrons. The molecule has 7 heteroatoms. The third kappa shape index (κ3) is 4.29. The predicted molar refractivity (Wildman–Crippen MR) is 66.3 cm³/mol. The van der Waals surface area contributed by atoms with Crippen LogP contribution >= 0.6 is 0 Å². The number of unbranched alkanes of at least 4 members (excludes halogenated alkanes) is 2. The summed E-state index contributed by atoms with van der Waals surface area (Å²) in [6.45, 7) is -0.0249. The topological polar surface area (TPSA) is 91.7 Å². The average molecular weight is 290 g/mol. The third-order valence-corrected chi connectivity index (χ3v) is 4.39. The summed E-state index contributed by atoms with van der Waals surface area (Å²) in [7, 11) is -3.85. The molecule has 0 aliphatic heterocycles. The molecule has 0 aliphatic carbocycles. The van der Waals surface area contributed by atoms with E-state index in [4.69, 9.17) is 10.2 Å². The Morgan fingerprint density at radius 3 is 2.47 bits per heavy atom. The first-order valence-electron chi connectivity index (χ1n) is 5.75. The molecular weight excluding hydrogens is 275 g/mol. The van der Waals surface area contributed by atoms with E-state index in [0.29, 0.717) is 19.3 Å². The maximum Gasteiger partial charge on any atom is 0.335 e. The van der Waals surface area contributed by atoms with Crippen molar-refractivity contribution in [2.75, 3.05) is 12.4 Å². The smallest absolute Gasteiger partial charge is 0.335 e. The Labute approximate surface area is 110 Å². The fourth-order valence-corrected chi connectivity index (χ4v) is 3.04. The lowest BCUT2D eigenvalue weighted by Crippen LogP contribution is -2.11. The molecule has 0 unspecified atom stereocenters. The minimum atomic E-state index is -3.85. The minimum Gasteiger partial charge on any atom is -0.478 e. The zero-order valence-electron chi connectivity index (χ0n) is 10.2. The second kappa shape index (κ2) is 6.63. The quantitative estimate of drug-likeness (QED) is 0.742. The molecule has 106 valence electrons. The Morgan fingerprint density at radius 2 is 1.89 bits per heavy atom. The van der Waals surface area contributed by atoms with Gasteiger partial charge in [0.05, 0.1) is 11.3 Å². The summed E-state index contributed by atoms with van der Waals surface area (Å²) in [4.78, 5) is 10.2. The van der Waals surface area contributed by atoms with Crippen molar-refractivity contribution < 1.29 is 27.8 Å². The van der Waals surface area contributed by atoms with Crippen LogP contribution in [0.25, 0.3) is 0 Å². The molecule has 1 aromatic carbocycles. The Balaban J connectivity index is 2.94. The summed E-state index contributed by atoms with van der Waals surface area (Å²) in [5, 5.41) is 17.3. The Kier molecular flexibility index (Phi) is 5.44. The predicted octanol–water partition coefficient (Wildman–Crippen LogP) is 1.46. The molecule has 19 heavy (non-hydrogen) atoms. The van der Waals surface area contributed by atoms with E-state index in [-0.39, 0.29) is 17.9 Å². The lowest BCUT2D eigenvalue weighted by atomic mass is 10.2. The van der Waals surface area contributed by atoms with E-state index in [1.54, 1.807) is 0 Å². The molecule has 0 amide bonds. The first kappa shape index (κ1) is 15.6. The molecule has 0 fully saturated rings. The van der Waals surface area contributed by atoms with Gasteiger partial charge in [0.1, 0.15) is 10.7 Å². The van der Waals surface area contributed by atoms with Crippen molar-refractivity contribution in [2.45, 2.75) is 24.2 Å². The van der Waals surface area contributed by atoms with Gasteiger partial charge in [-0.05, 0) is 31.0 Å². The molecule has 0 aromatic heterocycles. The fourth-order valence-electron chi connectivity index (χ4n) is 1.57. The molecule has 2 N–H and O–H groups in total. The number of hydrogen-bond donors (Lipinski definition) is 2. The van der Waals surface area contributed by atoms with Gasteiger partial charge < -0.3 is 10.2 Å². The van der Waals surface area contributed by atoms with Crippen molar-refractivity contribution in [2.24, 2.45) is 0 Å². The first-order valence-corrected chi connectivity index (χ1v) is 7.40. The molecule has 0 spiro atoms. The lowest BCUT2D eigenvalue weighted by Gasteiger charge is -2.06. The van der Waals surface area contributed by atoms with Crippen LogP contribution in [0.1, 0.15) is 29.6 Å². The van der Waals surface area contributed by atoms with Gasteiger partial charge in [-0.2, -0.15) is 0 Å². The summed E-state index contributed by atoms with van der Waals surface area (Å²) in [5.74, 6) is -2.53. The van der Waals surface area contributed by atoms with Gasteiger partial charge >= 0.3 is 5.97 Å². The van der Waals surface area contributed by atoms with Crippen LogP contribution in [-0.2, 0) is 9.84 Å². The van der Waals surface area contributed by atoms with Crippen molar-refractivity contribution in [3.63, 3.8) is 0 Å². The summed E-state index contributed by atoms with van der Waals surface area (Å²) in [6.07, 6.45) is 1.28. The van der Waals surface area contributed by atoms with E-state index in [1.165, 1.54) is 0 Å². The van der Waals surface area contributed by atoms with E-state index in [2.05, 4.69) is 0 Å². The van der Waals surface area contributed by atoms with Crippen LogP contribution in [-0.4, -0.2) is 37.0 Å². The Bertz CT molecular complexity index is 553. The number of carboxylic acids is 1. The lowest BCUT2D eigenvalue weighted by molar-refractivity contribution is 0.0696. The van der Waals surface area contributed by atoms with Crippen molar-refractivity contribution >= 4 is 15.8 Å². The molecular formula is C12H15FO5S. The number of hydrogen-bond acceptors (Lipinski definition) is 4. The number of carboxylic acid groups (broad SMARTS) is 1. The van der Waals surface area contributed by atoms with Gasteiger partial charge in [-0.1, -0.05) is 6.42 Å². The standard InChI is InChI=1S/C12H15FO5S/c13-10-5-4-9(12(15)16)8-11(10)19(17,18)7-3-1-2-6-14/h4-5,8,14H,1-3,6-7H2,(H,15,16). The van der Waals surface area contributed by atoms with Gasteiger partial charge in [-0.15, -0.1) is 0 Å². The zero-order valence-corrected chi connectivity index (χ0v) is 11.0. The molecule has 1 aromatic rings. The van der Waals surface area contributed by atoms with Gasteiger partial charge in [0, 0.05) is 6.61 Å². The summed E-state index contributed by atoms with van der Waals surface area (Å²) in [5.41, 5.74) is -0.268. The highest BCUT2D eigenvalue weighted by Gasteiger charge is 2.20. The molecule has 0 bridgehead atoms. The summed E-state index contributed by atoms with van der Waals surface area (Å²) >= 11 is 0. The van der Waals surface area contributed by atoms with E-state index in [1.807, 2.05) is 0 Å². The number of aliphatic hydroxyl groups excluding tert-OH is 1. The van der Waals surface area contributed by atoms with Crippen LogP contribution in [0.4, 0.5) is 4.39 Å². The molecule has 0 atom stereocenters. The largest absolute Gasteiger partial charge is 0.478 e. The van der Waals surface area contributed by atoms with Crippen molar-refractivity contribution in [3.8, 4) is 0 Å². The van der Waals surface area contributed by atoms with Crippen molar-refractivity contribution in [1.29, 1.82) is 0 Å². The number of sulfone groups is 1. The number of halogens is 1. The number of benzene rings is 1. The van der Waals surface area contributed by atoms with E-state index in [0.717, 1.165) is 18.2 Å². The third-order valence-electron chi connectivity index (χ3n) is 2.58. The maximum atomic E-state index is 13.5. The average Bonchev–Trinajstić information content (AvgIpc) is 2.34. The highest BCUT2D eigenvalue weighted by Crippen LogP contribution is 2.19. The van der Waals surface area contributed by atoms with Crippen LogP contribution < -0.4 is 0 Å². The van der Waals surface area contributed by atoms with Gasteiger partial charge in [-0.25, -0.2) is 17.6 Å². The van der Waals surface area contributed by atoms with Crippen molar-refractivity contribution in [1.82, 2.24) is 0 Å². The van der Waals surface area contributed by atoms with E-state index < -0.39 is 26.5 Å². The highest BCUT2D eigenvalue weighted by atomic mass is 32.2. The fraction of sp³-hybridized carbons (Fsp3) is 0.417. The number of carbonyl (C=O) groups is 1. The normalized spacial score (nSPS) is 11.5. The monoisotopic (exact) mass is 290 g/mol. The SMILES string of the molecule is O=C(O)c1ccc(F)c(S(=O)(=O)CCCCCO)c1. The molecule has 5 nitrogen and oxygen atoms in total. The zero-order chi connectivity index (χ0) is 14.5. The second-order valence-electron chi connectivity index (χ2n) is 4.05. The van der Waals surface area contributed by atoms with Crippen LogP contribution in [0.15, 0.2) is 23.1 Å². The van der Waals surface area contributed by atoms with Gasteiger partial charge in [-0.3, -0.25) is 0 Å². The highest BCUT2D eigenvalue weighted by molar-refractivity contribution is 7.91. The van der Waals surface area contributed by atoms with Gasteiger partial charge in [0.15, 0.2) is 9.84 Å². The summed E-state index contributed by atoms with van der Waals surface area (Å²) in [6, 6.07) is 2.69. The second-order valence-corrected chi connectivity index (χ2v) is 6.13. The molecule has 0 heterocycles.